The fourth-order valence-corrected chi connectivity index (χ4v) is 4.02. The maximum Gasteiger partial charge on any atom is 0.235 e. The molecule has 3 aromatic rings. The van der Waals surface area contributed by atoms with Crippen molar-refractivity contribution in [2.45, 2.75) is 18.3 Å². The van der Waals surface area contributed by atoms with E-state index in [0.717, 1.165) is 5.56 Å². The number of halogens is 1. The van der Waals surface area contributed by atoms with E-state index < -0.39 is 5.41 Å². The highest BCUT2D eigenvalue weighted by Gasteiger charge is 2.42. The first-order valence-corrected chi connectivity index (χ1v) is 10.5. The molecule has 1 fully saturated rings. The maximum atomic E-state index is 13.6. The number of ether oxygens (including phenoxy) is 3. The van der Waals surface area contributed by atoms with Gasteiger partial charge in [0.25, 0.3) is 0 Å². The van der Waals surface area contributed by atoms with Gasteiger partial charge in [-0.15, -0.1) is 0 Å². The van der Waals surface area contributed by atoms with Crippen molar-refractivity contribution in [2.75, 3.05) is 25.6 Å². The quantitative estimate of drug-likeness (QED) is 0.527. The fraction of sp³-hybridized carbons (Fsp3) is 0.240. The van der Waals surface area contributed by atoms with Crippen molar-refractivity contribution >= 4 is 23.2 Å². The molecule has 0 radical (unpaired) electrons. The number of nitrogens with one attached hydrogen (secondary N) is 1. The number of amides is 1. The van der Waals surface area contributed by atoms with Gasteiger partial charge in [-0.2, -0.15) is 0 Å². The van der Waals surface area contributed by atoms with Crippen molar-refractivity contribution in [2.24, 2.45) is 0 Å². The molecule has 1 aliphatic rings. The summed E-state index contributed by atoms with van der Waals surface area (Å²) < 4.78 is 16.9. The van der Waals surface area contributed by atoms with Gasteiger partial charge in [-0.1, -0.05) is 48.0 Å². The maximum absolute atomic E-state index is 13.6. The van der Waals surface area contributed by atoms with Gasteiger partial charge >= 0.3 is 0 Å². The van der Waals surface area contributed by atoms with Gasteiger partial charge in [-0.3, -0.25) is 4.79 Å². The number of carbonyl (C=O) groups is 1. The van der Waals surface area contributed by atoms with Crippen LogP contribution in [0.15, 0.2) is 72.8 Å². The summed E-state index contributed by atoms with van der Waals surface area (Å²) in [5.41, 5.74) is 0.824. The predicted molar refractivity (Wildman–Crippen MR) is 121 cm³/mol. The van der Waals surface area contributed by atoms with Gasteiger partial charge in [-0.05, 0) is 48.7 Å². The van der Waals surface area contributed by atoms with Crippen LogP contribution >= 0.6 is 11.6 Å². The van der Waals surface area contributed by atoms with E-state index in [1.807, 2.05) is 48.5 Å². The second kappa shape index (κ2) is 9.41. The Labute approximate surface area is 186 Å². The lowest BCUT2D eigenvalue weighted by molar-refractivity contribution is -0.125. The number of hydrogen-bond acceptors (Lipinski definition) is 4. The summed E-state index contributed by atoms with van der Waals surface area (Å²) in [6.45, 7) is 1.07. The summed E-state index contributed by atoms with van der Waals surface area (Å²) in [7, 11) is 1.60. The van der Waals surface area contributed by atoms with Crippen molar-refractivity contribution < 1.29 is 19.0 Å². The monoisotopic (exact) mass is 437 g/mol. The van der Waals surface area contributed by atoms with E-state index in [2.05, 4.69) is 5.32 Å². The van der Waals surface area contributed by atoms with Crippen LogP contribution in [0.25, 0.3) is 0 Å². The zero-order valence-electron chi connectivity index (χ0n) is 17.3. The summed E-state index contributed by atoms with van der Waals surface area (Å²) in [6, 6.07) is 22.3. The number of rotatable bonds is 6. The molecule has 160 valence electrons. The van der Waals surface area contributed by atoms with Gasteiger partial charge in [0.2, 0.25) is 5.91 Å². The Kier molecular flexibility index (Phi) is 6.44. The highest BCUT2D eigenvalue weighted by Crippen LogP contribution is 2.39. The zero-order valence-corrected chi connectivity index (χ0v) is 18.0. The predicted octanol–water partition coefficient (Wildman–Crippen LogP) is 5.83. The highest BCUT2D eigenvalue weighted by atomic mass is 35.5. The standard InChI is InChI=1S/C25H24ClNO4/c1-29-20-8-5-9-21(17-20)31-23-11-10-19(26)16-22(23)27-24(28)25(12-14-30-15-13-25)18-6-3-2-4-7-18/h2-11,16-17H,12-15H2,1H3,(H,27,28). The number of anilines is 1. The van der Waals surface area contributed by atoms with Crippen molar-refractivity contribution in [1.82, 2.24) is 0 Å². The van der Waals surface area contributed by atoms with Crippen molar-refractivity contribution in [3.63, 3.8) is 0 Å². The lowest BCUT2D eigenvalue weighted by atomic mass is 9.73. The Bertz CT molecular complexity index is 1050. The average molecular weight is 438 g/mol. The Morgan fingerprint density at radius 2 is 1.71 bits per heavy atom. The van der Waals surface area contributed by atoms with Gasteiger partial charge in [0, 0.05) is 24.3 Å². The second-order valence-corrected chi connectivity index (χ2v) is 7.87. The molecule has 0 saturated carbocycles. The second-order valence-electron chi connectivity index (χ2n) is 7.44. The van der Waals surface area contributed by atoms with Crippen molar-refractivity contribution in [3.05, 3.63) is 83.4 Å². The third-order valence-electron chi connectivity index (χ3n) is 5.57. The fourth-order valence-electron chi connectivity index (χ4n) is 3.85. The molecule has 5 nitrogen and oxygen atoms in total. The normalized spacial score (nSPS) is 15.2. The Morgan fingerprint density at radius 1 is 0.968 bits per heavy atom. The van der Waals surface area contributed by atoms with Crippen LogP contribution in [0.1, 0.15) is 18.4 Å². The molecule has 0 bridgehead atoms. The zero-order chi connectivity index (χ0) is 21.7. The van der Waals surface area contributed by atoms with E-state index in [1.165, 1.54) is 0 Å². The van der Waals surface area contributed by atoms with Gasteiger partial charge in [-0.25, -0.2) is 0 Å². The molecule has 4 rings (SSSR count). The summed E-state index contributed by atoms with van der Waals surface area (Å²) in [5, 5.41) is 3.58. The largest absolute Gasteiger partial charge is 0.497 e. The highest BCUT2D eigenvalue weighted by molar-refractivity contribution is 6.31. The Balaban J connectivity index is 1.64. The van der Waals surface area contributed by atoms with Crippen LogP contribution in [0, 0.1) is 0 Å². The number of hydrogen-bond donors (Lipinski definition) is 1. The summed E-state index contributed by atoms with van der Waals surface area (Å²) >= 11 is 6.24. The smallest absolute Gasteiger partial charge is 0.235 e. The molecule has 0 aromatic heterocycles. The molecule has 1 aliphatic heterocycles. The first-order valence-electron chi connectivity index (χ1n) is 10.2. The third kappa shape index (κ3) is 4.68. The van der Waals surface area contributed by atoms with E-state index >= 15 is 0 Å². The molecule has 31 heavy (non-hydrogen) atoms. The van der Waals surface area contributed by atoms with Crippen LogP contribution < -0.4 is 14.8 Å². The van der Waals surface area contributed by atoms with Gasteiger partial charge in [0.15, 0.2) is 5.75 Å². The molecular weight excluding hydrogens is 414 g/mol. The van der Waals surface area contributed by atoms with Gasteiger partial charge in [0.05, 0.1) is 18.2 Å². The minimum atomic E-state index is -0.672. The first kappa shape index (κ1) is 21.2. The third-order valence-corrected chi connectivity index (χ3v) is 5.80. The molecule has 0 aliphatic carbocycles. The molecule has 0 spiro atoms. The first-order chi connectivity index (χ1) is 15.1. The molecule has 1 N–H and O–H groups in total. The number of carbonyl (C=O) groups excluding carboxylic acids is 1. The molecule has 6 heteroatoms. The average Bonchev–Trinajstić information content (AvgIpc) is 2.82. The molecule has 1 heterocycles. The summed E-state index contributed by atoms with van der Waals surface area (Å²) in [5.74, 6) is 1.68. The minimum absolute atomic E-state index is 0.0974. The van der Waals surface area contributed by atoms with E-state index in [-0.39, 0.29) is 5.91 Å². The van der Waals surface area contributed by atoms with Crippen LogP contribution in [0.3, 0.4) is 0 Å². The molecule has 0 unspecified atom stereocenters. The molecule has 1 saturated heterocycles. The van der Waals surface area contributed by atoms with Gasteiger partial charge < -0.3 is 19.5 Å². The lowest BCUT2D eigenvalue weighted by Gasteiger charge is -2.36. The van der Waals surface area contributed by atoms with Crippen LogP contribution in [-0.4, -0.2) is 26.2 Å². The molecule has 3 aromatic carbocycles. The Hall–Kier alpha value is -3.02. The van der Waals surface area contributed by atoms with Gasteiger partial charge in [0.1, 0.15) is 11.5 Å². The lowest BCUT2D eigenvalue weighted by Crippen LogP contribution is -2.44. The summed E-state index contributed by atoms with van der Waals surface area (Å²) in [4.78, 5) is 13.6. The number of methoxy groups -OCH3 is 1. The van der Waals surface area contributed by atoms with E-state index in [1.54, 1.807) is 31.4 Å². The number of benzene rings is 3. The van der Waals surface area contributed by atoms with Crippen LogP contribution in [0.5, 0.6) is 17.2 Å². The van der Waals surface area contributed by atoms with E-state index in [4.69, 9.17) is 25.8 Å². The van der Waals surface area contributed by atoms with Crippen LogP contribution in [0.2, 0.25) is 5.02 Å². The molecular formula is C25H24ClNO4. The summed E-state index contributed by atoms with van der Waals surface area (Å²) in [6.07, 6.45) is 1.21. The van der Waals surface area contributed by atoms with Crippen molar-refractivity contribution in [1.29, 1.82) is 0 Å². The van der Waals surface area contributed by atoms with E-state index in [9.17, 15) is 4.79 Å². The van der Waals surface area contributed by atoms with Crippen LogP contribution in [-0.2, 0) is 14.9 Å². The van der Waals surface area contributed by atoms with Crippen molar-refractivity contribution in [3.8, 4) is 17.2 Å². The molecule has 0 atom stereocenters. The molecule has 1 amide bonds. The minimum Gasteiger partial charge on any atom is -0.497 e. The Morgan fingerprint density at radius 3 is 2.45 bits per heavy atom. The van der Waals surface area contributed by atoms with E-state index in [0.29, 0.717) is 54.0 Å². The van der Waals surface area contributed by atoms with Crippen LogP contribution in [0.4, 0.5) is 5.69 Å². The topological polar surface area (TPSA) is 56.8 Å². The SMILES string of the molecule is COc1cccc(Oc2ccc(Cl)cc2NC(=O)C2(c3ccccc3)CCOCC2)c1.